The molecule has 0 spiro atoms. The first-order valence-electron chi connectivity index (χ1n) is 6.25. The van der Waals surface area contributed by atoms with Crippen LogP contribution >= 0.6 is 15.9 Å². The molecule has 19 heavy (non-hydrogen) atoms. The molecule has 2 rings (SSSR count). The molecule has 0 radical (unpaired) electrons. The lowest BCUT2D eigenvalue weighted by atomic mass is 9.98. The van der Waals surface area contributed by atoms with E-state index < -0.39 is 5.54 Å². The highest BCUT2D eigenvalue weighted by atomic mass is 79.9. The number of hydrogen-bond donors (Lipinski definition) is 2. The molecule has 1 aliphatic carbocycles. The van der Waals surface area contributed by atoms with Crippen LogP contribution < -0.4 is 10.6 Å². The Kier molecular flexibility index (Phi) is 4.11. The molecule has 0 saturated heterocycles. The second kappa shape index (κ2) is 5.62. The van der Waals surface area contributed by atoms with E-state index in [9.17, 15) is 10.1 Å². The predicted octanol–water partition coefficient (Wildman–Crippen LogP) is 2.67. The monoisotopic (exact) mass is 321 g/mol. The molecule has 100 valence electrons. The van der Waals surface area contributed by atoms with Crippen LogP contribution in [0.4, 0.5) is 5.69 Å². The van der Waals surface area contributed by atoms with Crippen molar-refractivity contribution < 1.29 is 4.79 Å². The van der Waals surface area contributed by atoms with Gasteiger partial charge in [-0.1, -0.05) is 15.9 Å². The molecule has 0 aliphatic heterocycles. The van der Waals surface area contributed by atoms with Crippen molar-refractivity contribution in [3.05, 3.63) is 28.7 Å². The Balaban J connectivity index is 1.84. The van der Waals surface area contributed by atoms with E-state index in [1.807, 2.05) is 24.3 Å². The smallest absolute Gasteiger partial charge is 0.240 e. The standard InChI is InChI=1S/C14H16BrN3O/c1-14(9-16,10-2-3-10)18-13(19)8-17-12-6-4-11(15)5-7-12/h4-7,10,17H,2-3,8H2,1H3,(H,18,19). The molecule has 0 heterocycles. The summed E-state index contributed by atoms with van der Waals surface area (Å²) < 4.78 is 0.994. The molecule has 1 atom stereocenters. The molecule has 1 saturated carbocycles. The summed E-state index contributed by atoms with van der Waals surface area (Å²) in [7, 11) is 0. The normalized spacial score (nSPS) is 17.1. The molecule has 0 aromatic heterocycles. The first-order chi connectivity index (χ1) is 9.03. The van der Waals surface area contributed by atoms with Crippen molar-refractivity contribution in [2.45, 2.75) is 25.3 Å². The summed E-state index contributed by atoms with van der Waals surface area (Å²) in [6.07, 6.45) is 2.04. The lowest BCUT2D eigenvalue weighted by Crippen LogP contribution is -2.48. The number of carbonyl (C=O) groups is 1. The fraction of sp³-hybridized carbons (Fsp3) is 0.429. The summed E-state index contributed by atoms with van der Waals surface area (Å²) in [6.45, 7) is 1.97. The van der Waals surface area contributed by atoms with Crippen LogP contribution in [0.25, 0.3) is 0 Å². The van der Waals surface area contributed by atoms with Crippen LogP contribution in [0, 0.1) is 17.2 Å². The van der Waals surface area contributed by atoms with E-state index >= 15 is 0 Å². The molecule has 1 fully saturated rings. The maximum atomic E-state index is 11.9. The number of benzene rings is 1. The van der Waals surface area contributed by atoms with Gasteiger partial charge in [0, 0.05) is 10.2 Å². The molecule has 0 bridgehead atoms. The third kappa shape index (κ3) is 3.71. The molecule has 5 heteroatoms. The minimum Gasteiger partial charge on any atom is -0.376 e. The van der Waals surface area contributed by atoms with Crippen LogP contribution in [0.15, 0.2) is 28.7 Å². The first kappa shape index (κ1) is 13.9. The third-order valence-electron chi connectivity index (χ3n) is 3.32. The highest BCUT2D eigenvalue weighted by Gasteiger charge is 2.42. The minimum atomic E-state index is -0.724. The Morgan fingerprint density at radius 3 is 2.63 bits per heavy atom. The van der Waals surface area contributed by atoms with E-state index in [2.05, 4.69) is 32.6 Å². The lowest BCUT2D eigenvalue weighted by molar-refractivity contribution is -0.120. The van der Waals surface area contributed by atoms with Crippen LogP contribution in [0.3, 0.4) is 0 Å². The van der Waals surface area contributed by atoms with Gasteiger partial charge in [-0.05, 0) is 49.9 Å². The third-order valence-corrected chi connectivity index (χ3v) is 3.85. The van der Waals surface area contributed by atoms with E-state index in [0.717, 1.165) is 23.0 Å². The van der Waals surface area contributed by atoms with Crippen LogP contribution in [-0.4, -0.2) is 18.0 Å². The largest absolute Gasteiger partial charge is 0.376 e. The number of amides is 1. The van der Waals surface area contributed by atoms with E-state index in [-0.39, 0.29) is 12.5 Å². The zero-order valence-corrected chi connectivity index (χ0v) is 12.3. The molecular weight excluding hydrogens is 306 g/mol. The van der Waals surface area contributed by atoms with Gasteiger partial charge in [-0.25, -0.2) is 0 Å². The van der Waals surface area contributed by atoms with Gasteiger partial charge < -0.3 is 10.6 Å². The van der Waals surface area contributed by atoms with Crippen molar-refractivity contribution in [2.24, 2.45) is 5.92 Å². The number of nitrogens with one attached hydrogen (secondary N) is 2. The second-order valence-electron chi connectivity index (χ2n) is 5.00. The number of rotatable bonds is 5. The Hall–Kier alpha value is -1.54. The van der Waals surface area contributed by atoms with Crippen molar-refractivity contribution in [3.8, 4) is 6.07 Å². The van der Waals surface area contributed by atoms with Gasteiger partial charge in [-0.15, -0.1) is 0 Å². The maximum absolute atomic E-state index is 11.9. The van der Waals surface area contributed by atoms with Crippen molar-refractivity contribution in [1.29, 1.82) is 5.26 Å². The zero-order chi connectivity index (χ0) is 13.9. The van der Waals surface area contributed by atoms with Crippen LogP contribution in [-0.2, 0) is 4.79 Å². The highest BCUT2D eigenvalue weighted by Crippen LogP contribution is 2.39. The number of nitrogens with zero attached hydrogens (tertiary/aromatic N) is 1. The van der Waals surface area contributed by atoms with Gasteiger partial charge in [0.15, 0.2) is 0 Å². The highest BCUT2D eigenvalue weighted by molar-refractivity contribution is 9.10. The Bertz CT molecular complexity index is 504. The van der Waals surface area contributed by atoms with Crippen molar-refractivity contribution in [3.63, 3.8) is 0 Å². The molecule has 1 aromatic rings. The summed E-state index contributed by atoms with van der Waals surface area (Å²) in [6, 6.07) is 9.81. The van der Waals surface area contributed by atoms with Crippen LogP contribution in [0.1, 0.15) is 19.8 Å². The van der Waals surface area contributed by atoms with E-state index in [1.54, 1.807) is 6.92 Å². The average Bonchev–Trinajstić information content (AvgIpc) is 3.22. The molecule has 1 aliphatic rings. The SMILES string of the molecule is CC(C#N)(NC(=O)CNc1ccc(Br)cc1)C1CC1. The summed E-state index contributed by atoms with van der Waals surface area (Å²) in [5, 5.41) is 15.0. The summed E-state index contributed by atoms with van der Waals surface area (Å²) in [4.78, 5) is 11.9. The quantitative estimate of drug-likeness (QED) is 0.876. The number of hydrogen-bond acceptors (Lipinski definition) is 3. The summed E-state index contributed by atoms with van der Waals surface area (Å²) in [5.41, 5.74) is 0.154. The summed E-state index contributed by atoms with van der Waals surface area (Å²) >= 11 is 3.35. The van der Waals surface area contributed by atoms with Crippen molar-refractivity contribution in [1.82, 2.24) is 5.32 Å². The second-order valence-corrected chi connectivity index (χ2v) is 5.91. The molecule has 4 nitrogen and oxygen atoms in total. The molecule has 1 unspecified atom stereocenters. The minimum absolute atomic E-state index is 0.154. The topological polar surface area (TPSA) is 64.9 Å². The fourth-order valence-electron chi connectivity index (χ4n) is 1.97. The van der Waals surface area contributed by atoms with Crippen LogP contribution in [0.2, 0.25) is 0 Å². The molecular formula is C14H16BrN3O. The van der Waals surface area contributed by atoms with Gasteiger partial charge in [0.25, 0.3) is 0 Å². The van der Waals surface area contributed by atoms with Crippen molar-refractivity contribution >= 4 is 27.5 Å². The van der Waals surface area contributed by atoms with E-state index in [4.69, 9.17) is 0 Å². The lowest BCUT2D eigenvalue weighted by Gasteiger charge is -2.23. The van der Waals surface area contributed by atoms with Gasteiger partial charge in [-0.3, -0.25) is 4.79 Å². The van der Waals surface area contributed by atoms with E-state index in [1.165, 1.54) is 0 Å². The Labute approximate surface area is 121 Å². The number of nitriles is 1. The fourth-order valence-corrected chi connectivity index (χ4v) is 2.23. The number of anilines is 1. The predicted molar refractivity (Wildman–Crippen MR) is 77.5 cm³/mol. The maximum Gasteiger partial charge on any atom is 0.240 e. The van der Waals surface area contributed by atoms with Crippen LogP contribution in [0.5, 0.6) is 0 Å². The van der Waals surface area contributed by atoms with Gasteiger partial charge >= 0.3 is 0 Å². The van der Waals surface area contributed by atoms with E-state index in [0.29, 0.717) is 5.92 Å². The number of carbonyl (C=O) groups excluding carboxylic acids is 1. The Morgan fingerprint density at radius 1 is 1.47 bits per heavy atom. The average molecular weight is 322 g/mol. The Morgan fingerprint density at radius 2 is 2.11 bits per heavy atom. The van der Waals surface area contributed by atoms with Gasteiger partial charge in [0.05, 0.1) is 12.6 Å². The molecule has 1 amide bonds. The zero-order valence-electron chi connectivity index (χ0n) is 10.7. The van der Waals surface area contributed by atoms with Crippen molar-refractivity contribution in [2.75, 3.05) is 11.9 Å². The summed E-state index contributed by atoms with van der Waals surface area (Å²) in [5.74, 6) is 0.146. The molecule has 1 aromatic carbocycles. The number of halogens is 1. The van der Waals surface area contributed by atoms with Gasteiger partial charge in [0.1, 0.15) is 5.54 Å². The van der Waals surface area contributed by atoms with Gasteiger partial charge in [-0.2, -0.15) is 5.26 Å². The molecule has 2 N–H and O–H groups in total. The first-order valence-corrected chi connectivity index (χ1v) is 7.04. The van der Waals surface area contributed by atoms with Gasteiger partial charge in [0.2, 0.25) is 5.91 Å².